The first-order valence-corrected chi connectivity index (χ1v) is 6.86. The van der Waals surface area contributed by atoms with Crippen LogP contribution in [0.25, 0.3) is 0 Å². The highest BCUT2D eigenvalue weighted by atomic mass is 16.3. The van der Waals surface area contributed by atoms with Gasteiger partial charge in [-0.2, -0.15) is 0 Å². The van der Waals surface area contributed by atoms with Gasteiger partial charge in [-0.3, -0.25) is 4.79 Å². The molecule has 0 radical (unpaired) electrons. The molecule has 0 aromatic heterocycles. The molecule has 0 fully saturated rings. The number of hydrogen-bond acceptors (Lipinski definition) is 3. The standard InChI is InChI=1S/C15H22N2O2/c1-3-15(2,19)10-17-14(18)12-8-9-16-13-7-5-4-6-11(12)13/h4-7,12,16,19H,3,8-10H2,1-2H3,(H,17,18). The second kappa shape index (κ2) is 5.61. The number of anilines is 1. The van der Waals surface area contributed by atoms with E-state index in [1.165, 1.54) is 0 Å². The van der Waals surface area contributed by atoms with Crippen LogP contribution in [-0.2, 0) is 4.79 Å². The smallest absolute Gasteiger partial charge is 0.227 e. The van der Waals surface area contributed by atoms with Crippen molar-refractivity contribution in [1.82, 2.24) is 5.32 Å². The average molecular weight is 262 g/mol. The molecule has 19 heavy (non-hydrogen) atoms. The van der Waals surface area contributed by atoms with Gasteiger partial charge in [-0.1, -0.05) is 25.1 Å². The number of nitrogens with one attached hydrogen (secondary N) is 2. The molecular formula is C15H22N2O2. The molecule has 104 valence electrons. The second-order valence-electron chi connectivity index (χ2n) is 5.42. The molecule has 1 aliphatic rings. The Bertz CT molecular complexity index is 457. The van der Waals surface area contributed by atoms with Gasteiger partial charge < -0.3 is 15.7 Å². The minimum atomic E-state index is -0.831. The van der Waals surface area contributed by atoms with E-state index in [-0.39, 0.29) is 11.8 Å². The minimum Gasteiger partial charge on any atom is -0.388 e. The summed E-state index contributed by atoms with van der Waals surface area (Å²) in [5, 5.41) is 16.1. The van der Waals surface area contributed by atoms with E-state index in [1.807, 2.05) is 31.2 Å². The summed E-state index contributed by atoms with van der Waals surface area (Å²) in [5.74, 6) is -0.118. The molecule has 1 aliphatic heterocycles. The molecule has 3 N–H and O–H groups in total. The van der Waals surface area contributed by atoms with Crippen LogP contribution in [0.3, 0.4) is 0 Å². The van der Waals surface area contributed by atoms with Crippen LogP contribution in [0.5, 0.6) is 0 Å². The van der Waals surface area contributed by atoms with Crippen molar-refractivity contribution in [2.45, 2.75) is 38.2 Å². The topological polar surface area (TPSA) is 61.4 Å². The molecular weight excluding hydrogens is 240 g/mol. The summed E-state index contributed by atoms with van der Waals surface area (Å²) in [6.07, 6.45) is 1.41. The number of benzene rings is 1. The lowest BCUT2D eigenvalue weighted by Gasteiger charge is -2.28. The van der Waals surface area contributed by atoms with Gasteiger partial charge in [0.15, 0.2) is 0 Å². The molecule has 0 bridgehead atoms. The maximum absolute atomic E-state index is 12.3. The predicted molar refractivity (Wildman–Crippen MR) is 76.2 cm³/mol. The summed E-state index contributed by atoms with van der Waals surface area (Å²) < 4.78 is 0. The quantitative estimate of drug-likeness (QED) is 0.776. The number of rotatable bonds is 4. The first-order valence-electron chi connectivity index (χ1n) is 6.86. The third-order valence-corrected chi connectivity index (χ3v) is 3.81. The SMILES string of the molecule is CCC(C)(O)CNC(=O)C1CCNc2ccccc21. The van der Waals surface area contributed by atoms with Gasteiger partial charge >= 0.3 is 0 Å². The summed E-state index contributed by atoms with van der Waals surface area (Å²) in [7, 11) is 0. The van der Waals surface area contributed by atoms with Gasteiger partial charge in [0.05, 0.1) is 11.5 Å². The van der Waals surface area contributed by atoms with Gasteiger partial charge in [-0.05, 0) is 31.4 Å². The van der Waals surface area contributed by atoms with E-state index < -0.39 is 5.60 Å². The van der Waals surface area contributed by atoms with Gasteiger partial charge in [0.25, 0.3) is 0 Å². The lowest BCUT2D eigenvalue weighted by molar-refractivity contribution is -0.123. The van der Waals surface area contributed by atoms with Crippen LogP contribution in [0.4, 0.5) is 5.69 Å². The first-order chi connectivity index (χ1) is 9.03. The Morgan fingerprint density at radius 1 is 1.53 bits per heavy atom. The van der Waals surface area contributed by atoms with E-state index in [2.05, 4.69) is 10.6 Å². The Kier molecular flexibility index (Phi) is 4.10. The minimum absolute atomic E-state index is 0.00248. The third-order valence-electron chi connectivity index (χ3n) is 3.81. The summed E-state index contributed by atoms with van der Waals surface area (Å²) in [4.78, 5) is 12.3. The van der Waals surface area contributed by atoms with Crippen LogP contribution in [0.1, 0.15) is 38.2 Å². The zero-order valence-corrected chi connectivity index (χ0v) is 11.6. The van der Waals surface area contributed by atoms with Gasteiger partial charge in [-0.15, -0.1) is 0 Å². The number of carbonyl (C=O) groups is 1. The fraction of sp³-hybridized carbons (Fsp3) is 0.533. The summed E-state index contributed by atoms with van der Waals surface area (Å²) in [6.45, 7) is 4.75. The van der Waals surface area contributed by atoms with Gasteiger partial charge in [-0.25, -0.2) is 0 Å². The van der Waals surface area contributed by atoms with E-state index in [0.29, 0.717) is 13.0 Å². The van der Waals surface area contributed by atoms with Crippen LogP contribution in [0.15, 0.2) is 24.3 Å². The van der Waals surface area contributed by atoms with Crippen molar-refractivity contribution in [3.63, 3.8) is 0 Å². The van der Waals surface area contributed by atoms with Crippen LogP contribution in [-0.4, -0.2) is 29.7 Å². The molecule has 0 saturated heterocycles. The molecule has 1 heterocycles. The molecule has 0 aliphatic carbocycles. The van der Waals surface area contributed by atoms with Crippen molar-refractivity contribution >= 4 is 11.6 Å². The van der Waals surface area contributed by atoms with E-state index in [0.717, 1.165) is 24.2 Å². The molecule has 4 heteroatoms. The van der Waals surface area contributed by atoms with Crippen molar-refractivity contribution in [1.29, 1.82) is 0 Å². The van der Waals surface area contributed by atoms with Crippen molar-refractivity contribution in [3.05, 3.63) is 29.8 Å². The molecule has 1 amide bonds. The predicted octanol–water partition coefficient (Wildman–Crippen LogP) is 1.86. The third kappa shape index (κ3) is 3.26. The maximum atomic E-state index is 12.3. The monoisotopic (exact) mass is 262 g/mol. The van der Waals surface area contributed by atoms with Crippen molar-refractivity contribution < 1.29 is 9.90 Å². The Hall–Kier alpha value is -1.55. The number of carbonyl (C=O) groups excluding carboxylic acids is 1. The molecule has 1 aromatic rings. The van der Waals surface area contributed by atoms with Gasteiger partial charge in [0.1, 0.15) is 0 Å². The number of fused-ring (bicyclic) bond motifs is 1. The summed E-state index contributed by atoms with van der Waals surface area (Å²) in [6, 6.07) is 7.91. The Morgan fingerprint density at radius 3 is 3.00 bits per heavy atom. The number of amides is 1. The lowest BCUT2D eigenvalue weighted by atomic mass is 9.90. The molecule has 4 nitrogen and oxygen atoms in total. The van der Waals surface area contributed by atoms with Gasteiger partial charge in [0.2, 0.25) is 5.91 Å². The highest BCUT2D eigenvalue weighted by Gasteiger charge is 2.27. The lowest BCUT2D eigenvalue weighted by Crippen LogP contribution is -2.42. The molecule has 0 spiro atoms. The number of hydrogen-bond donors (Lipinski definition) is 3. The fourth-order valence-electron chi connectivity index (χ4n) is 2.27. The second-order valence-corrected chi connectivity index (χ2v) is 5.42. The van der Waals surface area contributed by atoms with Crippen LogP contribution < -0.4 is 10.6 Å². The van der Waals surface area contributed by atoms with Crippen LogP contribution in [0.2, 0.25) is 0 Å². The highest BCUT2D eigenvalue weighted by molar-refractivity contribution is 5.86. The van der Waals surface area contributed by atoms with Crippen LogP contribution >= 0.6 is 0 Å². The van der Waals surface area contributed by atoms with Crippen LogP contribution in [0, 0.1) is 0 Å². The normalized spacial score (nSPS) is 20.9. The zero-order chi connectivity index (χ0) is 13.9. The largest absolute Gasteiger partial charge is 0.388 e. The zero-order valence-electron chi connectivity index (χ0n) is 11.6. The Morgan fingerprint density at radius 2 is 2.26 bits per heavy atom. The average Bonchev–Trinajstić information content (AvgIpc) is 2.44. The molecule has 1 aromatic carbocycles. The van der Waals surface area contributed by atoms with E-state index in [1.54, 1.807) is 6.92 Å². The number of aliphatic hydroxyl groups is 1. The molecule has 0 saturated carbocycles. The van der Waals surface area contributed by atoms with Crippen molar-refractivity contribution in [3.8, 4) is 0 Å². The maximum Gasteiger partial charge on any atom is 0.227 e. The highest BCUT2D eigenvalue weighted by Crippen LogP contribution is 2.31. The molecule has 2 rings (SSSR count). The fourth-order valence-corrected chi connectivity index (χ4v) is 2.27. The van der Waals surface area contributed by atoms with E-state index in [9.17, 15) is 9.90 Å². The molecule has 2 atom stereocenters. The Balaban J connectivity index is 2.05. The van der Waals surface area contributed by atoms with E-state index in [4.69, 9.17) is 0 Å². The Labute approximate surface area is 114 Å². The number of para-hydroxylation sites is 1. The van der Waals surface area contributed by atoms with E-state index >= 15 is 0 Å². The summed E-state index contributed by atoms with van der Waals surface area (Å²) >= 11 is 0. The first kappa shape index (κ1) is 13.9. The van der Waals surface area contributed by atoms with Crippen molar-refractivity contribution in [2.24, 2.45) is 0 Å². The summed E-state index contributed by atoms with van der Waals surface area (Å²) in [5.41, 5.74) is 1.25. The molecule has 2 unspecified atom stereocenters. The van der Waals surface area contributed by atoms with Crippen molar-refractivity contribution in [2.75, 3.05) is 18.4 Å². The van der Waals surface area contributed by atoms with Gasteiger partial charge in [0, 0.05) is 18.8 Å².